The fraction of sp³-hybridized carbons (Fsp3) is 0.188. The molecule has 0 bridgehead atoms. The molecule has 2 rings (SSSR count). The van der Waals surface area contributed by atoms with Gasteiger partial charge in [0.2, 0.25) is 5.88 Å². The van der Waals surface area contributed by atoms with Crippen LogP contribution in [0, 0.1) is 11.3 Å². The number of rotatable bonds is 4. The van der Waals surface area contributed by atoms with Crippen molar-refractivity contribution >= 4 is 5.97 Å². The van der Waals surface area contributed by atoms with E-state index in [1.165, 1.54) is 14.2 Å². The second-order valence-electron chi connectivity index (χ2n) is 4.28. The topological polar surface area (TPSA) is 72.2 Å². The Kier molecular flexibility index (Phi) is 4.52. The summed E-state index contributed by atoms with van der Waals surface area (Å²) < 4.78 is 9.83. The first kappa shape index (κ1) is 14.5. The average Bonchev–Trinajstić information content (AvgIpc) is 2.54. The second-order valence-corrected chi connectivity index (χ2v) is 4.28. The summed E-state index contributed by atoms with van der Waals surface area (Å²) >= 11 is 0. The SMILES string of the molecule is COC(=O)Cc1cc(-c2ccccc2)nc(OC)c1C#N. The van der Waals surface area contributed by atoms with Crippen LogP contribution in [-0.4, -0.2) is 25.2 Å². The Hall–Kier alpha value is -2.87. The Balaban J connectivity index is 2.57. The highest BCUT2D eigenvalue weighted by molar-refractivity contribution is 5.75. The maximum Gasteiger partial charge on any atom is 0.310 e. The van der Waals surface area contributed by atoms with Gasteiger partial charge in [0, 0.05) is 5.56 Å². The van der Waals surface area contributed by atoms with Crippen LogP contribution in [0.3, 0.4) is 0 Å². The normalized spacial score (nSPS) is 9.76. The van der Waals surface area contributed by atoms with Crippen LogP contribution in [0.15, 0.2) is 36.4 Å². The Morgan fingerprint density at radius 2 is 2.00 bits per heavy atom. The van der Waals surface area contributed by atoms with Crippen LogP contribution in [0.4, 0.5) is 0 Å². The molecule has 0 saturated carbocycles. The number of nitriles is 1. The molecule has 21 heavy (non-hydrogen) atoms. The van der Waals surface area contributed by atoms with Gasteiger partial charge in [-0.05, 0) is 11.6 Å². The molecule has 1 aromatic carbocycles. The zero-order valence-corrected chi connectivity index (χ0v) is 11.8. The Morgan fingerprint density at radius 3 is 2.57 bits per heavy atom. The monoisotopic (exact) mass is 282 g/mol. The Morgan fingerprint density at radius 1 is 1.29 bits per heavy atom. The molecule has 0 aliphatic heterocycles. The summed E-state index contributed by atoms with van der Waals surface area (Å²) in [7, 11) is 2.75. The van der Waals surface area contributed by atoms with Gasteiger partial charge < -0.3 is 9.47 Å². The van der Waals surface area contributed by atoms with Crippen LogP contribution in [0.25, 0.3) is 11.3 Å². The lowest BCUT2D eigenvalue weighted by atomic mass is 10.0. The van der Waals surface area contributed by atoms with Gasteiger partial charge in [-0.2, -0.15) is 5.26 Å². The van der Waals surface area contributed by atoms with Crippen LogP contribution in [0.2, 0.25) is 0 Å². The van der Waals surface area contributed by atoms with Gasteiger partial charge in [0.25, 0.3) is 0 Å². The highest BCUT2D eigenvalue weighted by Gasteiger charge is 2.16. The molecule has 0 saturated heterocycles. The van der Waals surface area contributed by atoms with Gasteiger partial charge in [-0.15, -0.1) is 0 Å². The number of aromatic nitrogens is 1. The van der Waals surface area contributed by atoms with E-state index >= 15 is 0 Å². The number of ether oxygens (including phenoxy) is 2. The van der Waals surface area contributed by atoms with E-state index in [0.717, 1.165) is 5.56 Å². The van der Waals surface area contributed by atoms with Crippen LogP contribution < -0.4 is 4.74 Å². The van der Waals surface area contributed by atoms with Crippen LogP contribution in [0.5, 0.6) is 5.88 Å². The summed E-state index contributed by atoms with van der Waals surface area (Å²) in [6.45, 7) is 0. The Labute approximate surface area is 122 Å². The third-order valence-corrected chi connectivity index (χ3v) is 3.01. The highest BCUT2D eigenvalue weighted by atomic mass is 16.5. The minimum Gasteiger partial charge on any atom is -0.480 e. The number of nitrogens with zero attached hydrogens (tertiary/aromatic N) is 2. The first-order valence-corrected chi connectivity index (χ1v) is 6.29. The van der Waals surface area contributed by atoms with Crippen molar-refractivity contribution in [1.82, 2.24) is 4.98 Å². The van der Waals surface area contributed by atoms with Crippen molar-refractivity contribution in [2.75, 3.05) is 14.2 Å². The van der Waals surface area contributed by atoms with Crippen LogP contribution in [0.1, 0.15) is 11.1 Å². The van der Waals surface area contributed by atoms with E-state index < -0.39 is 5.97 Å². The number of methoxy groups -OCH3 is 2. The molecule has 0 aliphatic carbocycles. The lowest BCUT2D eigenvalue weighted by Crippen LogP contribution is -2.08. The molecule has 2 aromatic rings. The third-order valence-electron chi connectivity index (χ3n) is 3.01. The van der Waals surface area contributed by atoms with Crippen molar-refractivity contribution in [3.05, 3.63) is 47.5 Å². The smallest absolute Gasteiger partial charge is 0.310 e. The second kappa shape index (κ2) is 6.53. The first-order chi connectivity index (χ1) is 10.2. The molecule has 0 radical (unpaired) electrons. The molecule has 106 valence electrons. The average molecular weight is 282 g/mol. The summed E-state index contributed by atoms with van der Waals surface area (Å²) in [5, 5.41) is 9.26. The molecule has 0 unspecified atom stereocenters. The van der Waals surface area contributed by atoms with Gasteiger partial charge in [-0.25, -0.2) is 4.98 Å². The van der Waals surface area contributed by atoms with Gasteiger partial charge in [0.1, 0.15) is 11.6 Å². The number of benzene rings is 1. The van der Waals surface area contributed by atoms with Crippen molar-refractivity contribution in [2.45, 2.75) is 6.42 Å². The van der Waals surface area contributed by atoms with Gasteiger partial charge in [-0.3, -0.25) is 4.79 Å². The van der Waals surface area contributed by atoms with E-state index in [-0.39, 0.29) is 17.9 Å². The van der Waals surface area contributed by atoms with E-state index in [2.05, 4.69) is 9.72 Å². The third kappa shape index (κ3) is 3.18. The molecule has 0 amide bonds. The number of esters is 1. The van der Waals surface area contributed by atoms with Crippen molar-refractivity contribution < 1.29 is 14.3 Å². The zero-order chi connectivity index (χ0) is 15.2. The predicted octanol–water partition coefficient (Wildman–Crippen LogP) is 2.34. The zero-order valence-electron chi connectivity index (χ0n) is 11.8. The van der Waals surface area contributed by atoms with Gasteiger partial charge >= 0.3 is 5.97 Å². The molecule has 0 aliphatic rings. The van der Waals surface area contributed by atoms with Crippen molar-refractivity contribution in [3.63, 3.8) is 0 Å². The van der Waals surface area contributed by atoms with Gasteiger partial charge in [0.05, 0.1) is 26.3 Å². The maximum atomic E-state index is 11.5. The molecule has 0 fully saturated rings. The summed E-state index contributed by atoms with van der Waals surface area (Å²) in [4.78, 5) is 15.8. The summed E-state index contributed by atoms with van der Waals surface area (Å²) in [5.74, 6) is -0.212. The van der Waals surface area contributed by atoms with Crippen LogP contribution in [-0.2, 0) is 16.0 Å². The number of carbonyl (C=O) groups is 1. The van der Waals surface area contributed by atoms with Crippen molar-refractivity contribution in [2.24, 2.45) is 0 Å². The molecule has 5 nitrogen and oxygen atoms in total. The van der Waals surface area contributed by atoms with Gasteiger partial charge in [0.15, 0.2) is 0 Å². The largest absolute Gasteiger partial charge is 0.480 e. The fourth-order valence-electron chi connectivity index (χ4n) is 1.96. The lowest BCUT2D eigenvalue weighted by molar-refractivity contribution is -0.139. The van der Waals surface area contributed by atoms with E-state index in [1.807, 2.05) is 36.4 Å². The molecule has 0 atom stereocenters. The van der Waals surface area contributed by atoms with Crippen molar-refractivity contribution in [1.29, 1.82) is 5.26 Å². The Bertz CT molecular complexity index is 691. The number of hydrogen-bond acceptors (Lipinski definition) is 5. The molecule has 1 aromatic heterocycles. The highest BCUT2D eigenvalue weighted by Crippen LogP contribution is 2.27. The van der Waals surface area contributed by atoms with Crippen LogP contribution >= 0.6 is 0 Å². The van der Waals surface area contributed by atoms with E-state index in [9.17, 15) is 10.1 Å². The first-order valence-electron chi connectivity index (χ1n) is 6.29. The van der Waals surface area contributed by atoms with E-state index in [1.54, 1.807) is 6.07 Å². The van der Waals surface area contributed by atoms with Crippen molar-refractivity contribution in [3.8, 4) is 23.2 Å². The predicted molar refractivity (Wildman–Crippen MR) is 76.7 cm³/mol. The summed E-state index contributed by atoms with van der Waals surface area (Å²) in [6, 6.07) is 13.2. The van der Waals surface area contributed by atoms with E-state index in [0.29, 0.717) is 11.3 Å². The molecule has 1 heterocycles. The fourth-order valence-corrected chi connectivity index (χ4v) is 1.96. The van der Waals surface area contributed by atoms with Gasteiger partial charge in [-0.1, -0.05) is 30.3 Å². The standard InChI is InChI=1S/C16H14N2O3/c1-20-15(19)9-12-8-14(11-6-4-3-5-7-11)18-16(21-2)13(12)10-17/h3-8H,9H2,1-2H3. The van der Waals surface area contributed by atoms with E-state index in [4.69, 9.17) is 4.74 Å². The molecular formula is C16H14N2O3. The molecular weight excluding hydrogens is 268 g/mol. The maximum absolute atomic E-state index is 11.5. The quantitative estimate of drug-likeness (QED) is 0.805. The molecule has 0 spiro atoms. The lowest BCUT2D eigenvalue weighted by Gasteiger charge is -2.10. The summed E-state index contributed by atoms with van der Waals surface area (Å²) in [6.07, 6.45) is -0.00188. The molecule has 5 heteroatoms. The summed E-state index contributed by atoms with van der Waals surface area (Å²) in [5.41, 5.74) is 2.31. The number of pyridine rings is 1. The number of hydrogen-bond donors (Lipinski definition) is 0. The minimum absolute atomic E-state index is 0.00188. The minimum atomic E-state index is -0.418. The molecule has 0 N–H and O–H groups in total. The number of carbonyl (C=O) groups excluding carboxylic acids is 1.